The molecule has 0 aliphatic heterocycles. The van der Waals surface area contributed by atoms with Crippen molar-refractivity contribution in [2.24, 2.45) is 5.16 Å². The summed E-state index contributed by atoms with van der Waals surface area (Å²) >= 11 is 5.85. The molecule has 1 radical (unpaired) electrons. The van der Waals surface area contributed by atoms with Crippen molar-refractivity contribution in [1.82, 2.24) is 0 Å². The highest BCUT2D eigenvalue weighted by Gasteiger charge is 1.96. The van der Waals surface area contributed by atoms with Gasteiger partial charge in [0.25, 0.3) is 0 Å². The molecule has 0 aliphatic carbocycles. The molecular formula is C15H13ClNO2. The molecule has 0 aliphatic rings. The van der Waals surface area contributed by atoms with Crippen LogP contribution in [0.1, 0.15) is 11.1 Å². The van der Waals surface area contributed by atoms with E-state index in [1.54, 1.807) is 19.2 Å². The molecule has 0 fully saturated rings. The summed E-state index contributed by atoms with van der Waals surface area (Å²) in [5.74, 6) is 0.795. The van der Waals surface area contributed by atoms with E-state index in [9.17, 15) is 0 Å². The maximum Gasteiger partial charge on any atom is 0.142 e. The normalized spacial score (nSPS) is 10.6. The third kappa shape index (κ3) is 4.30. The van der Waals surface area contributed by atoms with E-state index in [-0.39, 0.29) is 0 Å². The Morgan fingerprint density at radius 2 is 2.00 bits per heavy atom. The smallest absolute Gasteiger partial charge is 0.142 e. The summed E-state index contributed by atoms with van der Waals surface area (Å²) in [6.45, 7) is 0.366. The molecule has 0 spiro atoms. The molecule has 0 unspecified atom stereocenters. The number of halogens is 1. The lowest BCUT2D eigenvalue weighted by atomic mass is 10.2. The molecule has 0 saturated heterocycles. The molecule has 2 rings (SSSR count). The molecule has 97 valence electrons. The van der Waals surface area contributed by atoms with Crippen LogP contribution in [0, 0.1) is 0 Å². The summed E-state index contributed by atoms with van der Waals surface area (Å²) in [5.41, 5.74) is 1.76. The number of ether oxygens (including phenoxy) is 1. The number of rotatable bonds is 5. The van der Waals surface area contributed by atoms with Gasteiger partial charge in [0.15, 0.2) is 0 Å². The van der Waals surface area contributed by atoms with Crippen LogP contribution in [-0.2, 0) is 11.4 Å². The Hall–Kier alpha value is -2.00. The quantitative estimate of drug-likeness (QED) is 0.614. The van der Waals surface area contributed by atoms with Crippen LogP contribution in [0.2, 0.25) is 5.02 Å². The van der Waals surface area contributed by atoms with E-state index < -0.39 is 0 Å². The predicted molar refractivity (Wildman–Crippen MR) is 75.8 cm³/mol. The zero-order chi connectivity index (χ0) is 13.5. The number of nitrogens with zero attached hydrogens (tertiary/aromatic N) is 1. The Kier molecular flexibility index (Phi) is 4.81. The molecule has 0 N–H and O–H groups in total. The Morgan fingerprint density at radius 1 is 1.16 bits per heavy atom. The van der Waals surface area contributed by atoms with Crippen LogP contribution in [-0.4, -0.2) is 13.3 Å². The summed E-state index contributed by atoms with van der Waals surface area (Å²) < 4.78 is 5.13. The maximum absolute atomic E-state index is 5.85. The van der Waals surface area contributed by atoms with Crippen molar-refractivity contribution in [1.29, 1.82) is 0 Å². The lowest BCUT2D eigenvalue weighted by molar-refractivity contribution is 0.132. The van der Waals surface area contributed by atoms with Crippen LogP contribution >= 0.6 is 11.6 Å². The first-order chi connectivity index (χ1) is 9.28. The van der Waals surface area contributed by atoms with E-state index in [4.69, 9.17) is 21.2 Å². The van der Waals surface area contributed by atoms with Gasteiger partial charge in [-0.05, 0) is 29.8 Å². The van der Waals surface area contributed by atoms with Crippen molar-refractivity contribution in [3.8, 4) is 5.75 Å². The van der Waals surface area contributed by atoms with Crippen LogP contribution in [0.15, 0.2) is 53.7 Å². The van der Waals surface area contributed by atoms with Crippen molar-refractivity contribution >= 4 is 17.8 Å². The van der Waals surface area contributed by atoms with Gasteiger partial charge in [-0.1, -0.05) is 41.0 Å². The Morgan fingerprint density at radius 3 is 2.79 bits per heavy atom. The van der Waals surface area contributed by atoms with Crippen LogP contribution in [0.5, 0.6) is 5.75 Å². The Bertz CT molecular complexity index is 570. The standard InChI is InChI=1S/C15H13ClNO2/c1-18-15-7-3-5-13(9-15)11-19-17-10-12-4-2-6-14(16)8-12/h2-9H,11H2,1H3. The van der Waals surface area contributed by atoms with E-state index in [1.165, 1.54) is 0 Å². The summed E-state index contributed by atoms with van der Waals surface area (Å²) in [6, 6.07) is 14.9. The van der Waals surface area contributed by atoms with Crippen molar-refractivity contribution in [3.63, 3.8) is 0 Å². The molecule has 2 aromatic carbocycles. The minimum absolute atomic E-state index is 0.366. The van der Waals surface area contributed by atoms with Gasteiger partial charge in [-0.2, -0.15) is 0 Å². The Labute approximate surface area is 117 Å². The van der Waals surface area contributed by atoms with E-state index in [0.717, 1.165) is 16.9 Å². The van der Waals surface area contributed by atoms with Gasteiger partial charge in [-0.25, -0.2) is 0 Å². The molecule has 0 bridgehead atoms. The highest BCUT2D eigenvalue weighted by molar-refractivity contribution is 6.30. The van der Waals surface area contributed by atoms with Gasteiger partial charge in [0, 0.05) is 10.6 Å². The minimum Gasteiger partial charge on any atom is -0.497 e. The maximum atomic E-state index is 5.85. The SMILES string of the molecule is COc1cccc(CO/N=[C]\c2cccc(Cl)c2)c1. The van der Waals surface area contributed by atoms with E-state index >= 15 is 0 Å². The first-order valence-corrected chi connectivity index (χ1v) is 6.12. The zero-order valence-corrected chi connectivity index (χ0v) is 11.2. The molecule has 19 heavy (non-hydrogen) atoms. The third-order valence-electron chi connectivity index (χ3n) is 2.43. The molecule has 2 aromatic rings. The molecule has 3 nitrogen and oxygen atoms in total. The largest absolute Gasteiger partial charge is 0.497 e. The van der Waals surface area contributed by atoms with Gasteiger partial charge in [0.05, 0.1) is 7.11 Å². The van der Waals surface area contributed by atoms with Crippen LogP contribution in [0.3, 0.4) is 0 Å². The number of benzene rings is 2. The van der Waals surface area contributed by atoms with E-state index in [1.807, 2.05) is 36.4 Å². The highest BCUT2D eigenvalue weighted by atomic mass is 35.5. The van der Waals surface area contributed by atoms with Gasteiger partial charge in [0.2, 0.25) is 0 Å². The number of hydrogen-bond acceptors (Lipinski definition) is 3. The molecule has 0 atom stereocenters. The highest BCUT2D eigenvalue weighted by Crippen LogP contribution is 2.13. The fourth-order valence-electron chi connectivity index (χ4n) is 1.51. The molecule has 0 heterocycles. The van der Waals surface area contributed by atoms with Crippen molar-refractivity contribution < 1.29 is 9.57 Å². The van der Waals surface area contributed by atoms with Crippen molar-refractivity contribution in [3.05, 3.63) is 64.7 Å². The van der Waals surface area contributed by atoms with Gasteiger partial charge >= 0.3 is 0 Å². The lowest BCUT2D eigenvalue weighted by Gasteiger charge is -2.02. The molecule has 0 amide bonds. The van der Waals surface area contributed by atoms with E-state index in [2.05, 4.69) is 11.4 Å². The molecule has 0 aromatic heterocycles. The van der Waals surface area contributed by atoms with Gasteiger partial charge < -0.3 is 9.57 Å². The minimum atomic E-state index is 0.366. The summed E-state index contributed by atoms with van der Waals surface area (Å²) in [4.78, 5) is 5.18. The molecular weight excluding hydrogens is 262 g/mol. The van der Waals surface area contributed by atoms with E-state index in [0.29, 0.717) is 11.6 Å². The third-order valence-corrected chi connectivity index (χ3v) is 2.66. The first-order valence-electron chi connectivity index (χ1n) is 5.74. The summed E-state index contributed by atoms with van der Waals surface area (Å²) in [6.07, 6.45) is 2.77. The van der Waals surface area contributed by atoms with Gasteiger partial charge in [0.1, 0.15) is 18.6 Å². The first kappa shape index (κ1) is 13.4. The Balaban J connectivity index is 1.89. The average molecular weight is 275 g/mol. The lowest BCUT2D eigenvalue weighted by Crippen LogP contribution is -1.90. The van der Waals surface area contributed by atoms with Gasteiger partial charge in [-0.15, -0.1) is 0 Å². The fourth-order valence-corrected chi connectivity index (χ4v) is 1.70. The summed E-state index contributed by atoms with van der Waals surface area (Å²) in [5, 5.41) is 4.43. The second-order valence-corrected chi connectivity index (χ2v) is 4.27. The van der Waals surface area contributed by atoms with Crippen LogP contribution in [0.4, 0.5) is 0 Å². The zero-order valence-electron chi connectivity index (χ0n) is 10.5. The van der Waals surface area contributed by atoms with Crippen LogP contribution < -0.4 is 4.74 Å². The fraction of sp³-hybridized carbons (Fsp3) is 0.133. The number of hydrogen-bond donors (Lipinski definition) is 0. The van der Waals surface area contributed by atoms with Crippen molar-refractivity contribution in [2.75, 3.05) is 7.11 Å². The van der Waals surface area contributed by atoms with Gasteiger partial charge in [-0.3, -0.25) is 0 Å². The summed E-state index contributed by atoms with van der Waals surface area (Å²) in [7, 11) is 1.63. The second kappa shape index (κ2) is 6.81. The second-order valence-electron chi connectivity index (χ2n) is 3.84. The topological polar surface area (TPSA) is 30.8 Å². The predicted octanol–water partition coefficient (Wildman–Crippen LogP) is 3.78. The molecule has 0 saturated carbocycles. The number of methoxy groups -OCH3 is 1. The van der Waals surface area contributed by atoms with Crippen LogP contribution in [0.25, 0.3) is 0 Å². The monoisotopic (exact) mass is 274 g/mol. The van der Waals surface area contributed by atoms with Crippen molar-refractivity contribution in [2.45, 2.75) is 6.61 Å². The average Bonchev–Trinajstić information content (AvgIpc) is 2.44. The molecule has 4 heteroatoms.